The van der Waals surface area contributed by atoms with Crippen molar-refractivity contribution in [3.63, 3.8) is 0 Å². The fourth-order valence-electron chi connectivity index (χ4n) is 3.36. The molecule has 0 bridgehead atoms. The van der Waals surface area contributed by atoms with Crippen LogP contribution in [0.15, 0.2) is 54.6 Å². The minimum absolute atomic E-state index is 0.192. The van der Waals surface area contributed by atoms with Crippen molar-refractivity contribution >= 4 is 0 Å². The smallest absolute Gasteiger partial charge is 0.161 e. The van der Waals surface area contributed by atoms with Crippen molar-refractivity contribution < 1.29 is 9.47 Å². The van der Waals surface area contributed by atoms with Crippen molar-refractivity contribution in [2.45, 2.75) is 32.0 Å². The van der Waals surface area contributed by atoms with E-state index in [1.165, 1.54) is 5.56 Å². The van der Waals surface area contributed by atoms with E-state index in [0.717, 1.165) is 31.6 Å². The Morgan fingerprint density at radius 1 is 1.04 bits per heavy atom. The molecule has 1 saturated heterocycles. The van der Waals surface area contributed by atoms with E-state index >= 15 is 0 Å². The van der Waals surface area contributed by atoms with Crippen molar-refractivity contribution in [2.24, 2.45) is 5.92 Å². The molecule has 3 heteroatoms. The third-order valence-corrected chi connectivity index (χ3v) is 4.71. The third-order valence-electron chi connectivity index (χ3n) is 4.71. The Kier molecular flexibility index (Phi) is 5.63. The van der Waals surface area contributed by atoms with Gasteiger partial charge in [-0.1, -0.05) is 49.4 Å². The maximum absolute atomic E-state index is 8.85. The average molecular weight is 321 g/mol. The molecule has 3 nitrogen and oxygen atoms in total. The Labute approximate surface area is 143 Å². The van der Waals surface area contributed by atoms with Crippen LogP contribution < -0.4 is 0 Å². The highest BCUT2D eigenvalue weighted by atomic mass is 16.7. The highest BCUT2D eigenvalue weighted by Gasteiger charge is 2.28. The van der Waals surface area contributed by atoms with Crippen molar-refractivity contribution in [1.29, 1.82) is 5.26 Å². The van der Waals surface area contributed by atoms with Gasteiger partial charge >= 0.3 is 0 Å². The number of nitriles is 1. The molecule has 0 aromatic heterocycles. The van der Waals surface area contributed by atoms with E-state index in [1.54, 1.807) is 0 Å². The van der Waals surface area contributed by atoms with Crippen LogP contribution in [0.5, 0.6) is 0 Å². The SMILES string of the molecule is CCC(c1ccccc1)C1COC(Cc2ccc(C#N)cc2)OC1. The Morgan fingerprint density at radius 2 is 1.71 bits per heavy atom. The van der Waals surface area contributed by atoms with Gasteiger partial charge in [0.15, 0.2) is 6.29 Å². The molecule has 3 rings (SSSR count). The molecule has 2 aromatic carbocycles. The van der Waals surface area contributed by atoms with E-state index in [9.17, 15) is 0 Å². The average Bonchev–Trinajstić information content (AvgIpc) is 2.65. The van der Waals surface area contributed by atoms with Crippen LogP contribution in [0.4, 0.5) is 0 Å². The lowest BCUT2D eigenvalue weighted by Gasteiger charge is -2.34. The summed E-state index contributed by atoms with van der Waals surface area (Å²) in [6.07, 6.45) is 1.62. The molecule has 0 N–H and O–H groups in total. The molecule has 0 saturated carbocycles. The third kappa shape index (κ3) is 4.03. The van der Waals surface area contributed by atoms with Crippen molar-refractivity contribution in [2.75, 3.05) is 13.2 Å². The number of hydrogen-bond donors (Lipinski definition) is 0. The lowest BCUT2D eigenvalue weighted by Crippen LogP contribution is -2.36. The molecule has 1 atom stereocenters. The van der Waals surface area contributed by atoms with Gasteiger partial charge in [-0.25, -0.2) is 0 Å². The molecule has 1 aliphatic heterocycles. The summed E-state index contributed by atoms with van der Waals surface area (Å²) in [5, 5.41) is 8.85. The van der Waals surface area contributed by atoms with E-state index in [2.05, 4.69) is 43.3 Å². The molecule has 1 fully saturated rings. The molecule has 1 heterocycles. The van der Waals surface area contributed by atoms with Crippen LogP contribution in [-0.2, 0) is 15.9 Å². The van der Waals surface area contributed by atoms with E-state index in [0.29, 0.717) is 17.4 Å². The van der Waals surface area contributed by atoms with Crippen molar-refractivity contribution in [3.05, 3.63) is 71.3 Å². The molecule has 0 radical (unpaired) electrons. The van der Waals surface area contributed by atoms with Gasteiger partial charge in [-0.2, -0.15) is 5.26 Å². The van der Waals surface area contributed by atoms with Crippen LogP contribution in [0, 0.1) is 17.2 Å². The van der Waals surface area contributed by atoms with Crippen LogP contribution in [0.3, 0.4) is 0 Å². The van der Waals surface area contributed by atoms with Gasteiger partial charge in [0, 0.05) is 12.3 Å². The van der Waals surface area contributed by atoms with Gasteiger partial charge in [-0.05, 0) is 35.6 Å². The predicted octanol–water partition coefficient (Wildman–Crippen LogP) is 4.28. The number of rotatable bonds is 5. The second-order valence-corrected chi connectivity index (χ2v) is 6.29. The first-order valence-electron chi connectivity index (χ1n) is 8.57. The molecule has 1 unspecified atom stereocenters. The first-order chi connectivity index (χ1) is 11.8. The van der Waals surface area contributed by atoms with Gasteiger partial charge in [-0.15, -0.1) is 0 Å². The molecule has 2 aromatic rings. The van der Waals surface area contributed by atoms with Crippen LogP contribution in [0.25, 0.3) is 0 Å². The summed E-state index contributed by atoms with van der Waals surface area (Å²) >= 11 is 0. The van der Waals surface area contributed by atoms with Crippen LogP contribution >= 0.6 is 0 Å². The largest absolute Gasteiger partial charge is 0.352 e. The predicted molar refractivity (Wildman–Crippen MR) is 93.5 cm³/mol. The minimum Gasteiger partial charge on any atom is -0.352 e. The maximum Gasteiger partial charge on any atom is 0.161 e. The lowest BCUT2D eigenvalue weighted by molar-refractivity contribution is -0.202. The summed E-state index contributed by atoms with van der Waals surface area (Å²) < 4.78 is 11.9. The van der Waals surface area contributed by atoms with Gasteiger partial charge in [0.1, 0.15) is 0 Å². The van der Waals surface area contributed by atoms with E-state index < -0.39 is 0 Å². The standard InChI is InChI=1S/C21H23NO2/c1-2-20(18-6-4-3-5-7-18)19-14-23-21(24-15-19)12-16-8-10-17(13-22)11-9-16/h3-11,19-21H,2,12,14-15H2,1H3. The lowest BCUT2D eigenvalue weighted by atomic mass is 9.84. The number of ether oxygens (including phenoxy) is 2. The molecule has 1 aliphatic rings. The highest BCUT2D eigenvalue weighted by Crippen LogP contribution is 2.31. The zero-order valence-corrected chi connectivity index (χ0v) is 14.0. The topological polar surface area (TPSA) is 42.2 Å². The van der Waals surface area contributed by atoms with Crippen LogP contribution in [0.2, 0.25) is 0 Å². The summed E-state index contributed by atoms with van der Waals surface area (Å²) in [7, 11) is 0. The van der Waals surface area contributed by atoms with Gasteiger partial charge in [0.2, 0.25) is 0 Å². The molecule has 0 amide bonds. The summed E-state index contributed by atoms with van der Waals surface area (Å²) in [5.41, 5.74) is 3.17. The first-order valence-corrected chi connectivity index (χ1v) is 8.57. The number of nitrogens with zero attached hydrogens (tertiary/aromatic N) is 1. The van der Waals surface area contributed by atoms with Crippen molar-refractivity contribution in [3.8, 4) is 6.07 Å². The zero-order chi connectivity index (χ0) is 16.8. The Balaban J connectivity index is 1.56. The second-order valence-electron chi connectivity index (χ2n) is 6.29. The van der Waals surface area contributed by atoms with Gasteiger partial charge in [0.25, 0.3) is 0 Å². The quantitative estimate of drug-likeness (QED) is 0.825. The summed E-state index contributed by atoms with van der Waals surface area (Å²) in [5.74, 6) is 0.872. The molecular weight excluding hydrogens is 298 g/mol. The van der Waals surface area contributed by atoms with E-state index in [-0.39, 0.29) is 6.29 Å². The maximum atomic E-state index is 8.85. The van der Waals surface area contributed by atoms with E-state index in [4.69, 9.17) is 14.7 Å². The molecule has 24 heavy (non-hydrogen) atoms. The molecule has 0 spiro atoms. The fraction of sp³-hybridized carbons (Fsp3) is 0.381. The Bertz CT molecular complexity index is 667. The molecule has 124 valence electrons. The van der Waals surface area contributed by atoms with Crippen molar-refractivity contribution in [1.82, 2.24) is 0 Å². The summed E-state index contributed by atoms with van der Waals surface area (Å²) in [4.78, 5) is 0. The number of benzene rings is 2. The molecular formula is C21H23NO2. The van der Waals surface area contributed by atoms with E-state index in [1.807, 2.05) is 24.3 Å². The highest BCUT2D eigenvalue weighted by molar-refractivity contribution is 5.31. The normalized spacial score (nSPS) is 21.8. The van der Waals surface area contributed by atoms with Gasteiger partial charge in [0.05, 0.1) is 24.8 Å². The van der Waals surface area contributed by atoms with Gasteiger partial charge in [-0.3, -0.25) is 0 Å². The second kappa shape index (κ2) is 8.10. The molecule has 0 aliphatic carbocycles. The van der Waals surface area contributed by atoms with Crippen LogP contribution in [0.1, 0.15) is 36.0 Å². The Morgan fingerprint density at radius 3 is 2.29 bits per heavy atom. The minimum atomic E-state index is -0.192. The summed E-state index contributed by atoms with van der Waals surface area (Å²) in [6.45, 7) is 3.68. The van der Waals surface area contributed by atoms with Crippen LogP contribution in [-0.4, -0.2) is 19.5 Å². The first kappa shape index (κ1) is 16.7. The summed E-state index contributed by atoms with van der Waals surface area (Å²) in [6, 6.07) is 20.4. The Hall–Kier alpha value is -2.15. The fourth-order valence-corrected chi connectivity index (χ4v) is 3.36. The zero-order valence-electron chi connectivity index (χ0n) is 14.0. The van der Waals surface area contributed by atoms with Gasteiger partial charge < -0.3 is 9.47 Å². The monoisotopic (exact) mass is 321 g/mol. The number of hydrogen-bond acceptors (Lipinski definition) is 3.